The molecule has 2 nitrogen and oxygen atoms in total. The summed E-state index contributed by atoms with van der Waals surface area (Å²) in [6.45, 7) is 4.92. The molecule has 0 aromatic rings. The van der Waals surface area contributed by atoms with Gasteiger partial charge in [-0.1, -0.05) is 13.3 Å². The summed E-state index contributed by atoms with van der Waals surface area (Å²) >= 11 is 0. The van der Waals surface area contributed by atoms with Crippen molar-refractivity contribution < 1.29 is 9.47 Å². The molecule has 54 valence electrons. The van der Waals surface area contributed by atoms with Crippen molar-refractivity contribution in [1.29, 1.82) is 0 Å². The molecule has 0 aliphatic carbocycles. The molecule has 1 fully saturated rings. The quantitative estimate of drug-likeness (QED) is 0.538. The molecular formula is C7H14O2. The Morgan fingerprint density at radius 2 is 2.22 bits per heavy atom. The van der Waals surface area contributed by atoms with Crippen molar-refractivity contribution in [2.24, 2.45) is 0 Å². The van der Waals surface area contributed by atoms with Crippen LogP contribution in [0.15, 0.2) is 0 Å². The van der Waals surface area contributed by atoms with Crippen LogP contribution in [0.4, 0.5) is 0 Å². The first-order valence-electron chi connectivity index (χ1n) is 3.65. The summed E-state index contributed by atoms with van der Waals surface area (Å²) in [5, 5.41) is 0. The van der Waals surface area contributed by atoms with E-state index in [0.29, 0.717) is 6.10 Å². The Balaban J connectivity index is 1.96. The molecule has 0 N–H and O–H groups in total. The lowest BCUT2D eigenvalue weighted by molar-refractivity contribution is 0.0593. The Labute approximate surface area is 56.2 Å². The van der Waals surface area contributed by atoms with Crippen molar-refractivity contribution in [3.8, 4) is 0 Å². The van der Waals surface area contributed by atoms with E-state index in [4.69, 9.17) is 9.47 Å². The van der Waals surface area contributed by atoms with Crippen molar-refractivity contribution in [2.75, 3.05) is 6.61 Å². The maximum atomic E-state index is 5.20. The lowest BCUT2D eigenvalue weighted by Gasteiger charge is -1.90. The van der Waals surface area contributed by atoms with Crippen molar-refractivity contribution >= 4 is 0 Å². The maximum Gasteiger partial charge on any atom is 0.184 e. The molecule has 1 rings (SSSR count). The third kappa shape index (κ3) is 1.95. The van der Waals surface area contributed by atoms with Crippen molar-refractivity contribution in [3.05, 3.63) is 0 Å². The number of epoxide rings is 1. The zero-order valence-corrected chi connectivity index (χ0v) is 6.09. The average molecular weight is 130 g/mol. The zero-order chi connectivity index (χ0) is 6.69. The molecule has 0 amide bonds. The largest absolute Gasteiger partial charge is 0.350 e. The highest BCUT2D eigenvalue weighted by Gasteiger charge is 2.38. The molecule has 0 aromatic heterocycles. The smallest absolute Gasteiger partial charge is 0.184 e. The standard InChI is InChI=1S/C7H14O2/c1-3-5-6-7(9-6)8-4-2/h6-7H,3-5H2,1-2H3. The van der Waals surface area contributed by atoms with Gasteiger partial charge in [0.1, 0.15) is 6.10 Å². The van der Waals surface area contributed by atoms with E-state index in [2.05, 4.69) is 6.92 Å². The van der Waals surface area contributed by atoms with Crippen LogP contribution in [-0.4, -0.2) is 19.0 Å². The highest BCUT2D eigenvalue weighted by molar-refractivity contribution is 4.75. The Bertz CT molecular complexity index is 73.0. The van der Waals surface area contributed by atoms with Crippen molar-refractivity contribution in [3.63, 3.8) is 0 Å². The zero-order valence-electron chi connectivity index (χ0n) is 6.09. The molecule has 1 heterocycles. The summed E-state index contributed by atoms with van der Waals surface area (Å²) < 4.78 is 10.4. The highest BCUT2D eigenvalue weighted by atomic mass is 16.8. The summed E-state index contributed by atoms with van der Waals surface area (Å²) in [4.78, 5) is 0. The first kappa shape index (κ1) is 7.03. The number of rotatable bonds is 4. The van der Waals surface area contributed by atoms with Gasteiger partial charge in [0.15, 0.2) is 6.29 Å². The Morgan fingerprint density at radius 1 is 1.44 bits per heavy atom. The van der Waals surface area contributed by atoms with E-state index < -0.39 is 0 Å². The van der Waals surface area contributed by atoms with E-state index in [0.717, 1.165) is 13.0 Å². The fourth-order valence-electron chi connectivity index (χ4n) is 0.926. The summed E-state index contributed by atoms with van der Waals surface area (Å²) in [6, 6.07) is 0. The van der Waals surface area contributed by atoms with Gasteiger partial charge in [0, 0.05) is 6.61 Å². The van der Waals surface area contributed by atoms with Crippen LogP contribution in [0.25, 0.3) is 0 Å². The van der Waals surface area contributed by atoms with Crippen LogP contribution in [-0.2, 0) is 9.47 Å². The molecule has 0 bridgehead atoms. The van der Waals surface area contributed by atoms with Crippen molar-refractivity contribution in [1.82, 2.24) is 0 Å². The molecule has 1 aliphatic rings. The average Bonchev–Trinajstić information content (AvgIpc) is 2.50. The van der Waals surface area contributed by atoms with Gasteiger partial charge in [-0.05, 0) is 13.3 Å². The SMILES string of the molecule is CCCC1OC1OCC. The minimum atomic E-state index is 0.134. The van der Waals surface area contributed by atoms with Gasteiger partial charge in [0.05, 0.1) is 0 Å². The first-order chi connectivity index (χ1) is 4.38. The Hall–Kier alpha value is -0.0800. The first-order valence-corrected chi connectivity index (χ1v) is 3.65. The summed E-state index contributed by atoms with van der Waals surface area (Å²) in [7, 11) is 0. The second kappa shape index (κ2) is 3.18. The van der Waals surface area contributed by atoms with Gasteiger partial charge in [-0.15, -0.1) is 0 Å². The fourth-order valence-corrected chi connectivity index (χ4v) is 0.926. The predicted molar refractivity (Wildman–Crippen MR) is 35.2 cm³/mol. The Morgan fingerprint density at radius 3 is 2.78 bits per heavy atom. The lowest BCUT2D eigenvalue weighted by Crippen LogP contribution is -1.98. The monoisotopic (exact) mass is 130 g/mol. The second-order valence-corrected chi connectivity index (χ2v) is 2.29. The van der Waals surface area contributed by atoms with Gasteiger partial charge in [0.25, 0.3) is 0 Å². The van der Waals surface area contributed by atoms with Crippen LogP contribution in [0.1, 0.15) is 26.7 Å². The lowest BCUT2D eigenvalue weighted by atomic mass is 10.3. The van der Waals surface area contributed by atoms with Gasteiger partial charge < -0.3 is 9.47 Å². The van der Waals surface area contributed by atoms with Crippen molar-refractivity contribution in [2.45, 2.75) is 39.1 Å². The minimum Gasteiger partial charge on any atom is -0.350 e. The van der Waals surface area contributed by atoms with Crippen LogP contribution in [0, 0.1) is 0 Å². The molecular weight excluding hydrogens is 116 g/mol. The van der Waals surface area contributed by atoms with Gasteiger partial charge in [-0.2, -0.15) is 0 Å². The molecule has 1 saturated heterocycles. The molecule has 0 aromatic carbocycles. The maximum absolute atomic E-state index is 5.20. The van der Waals surface area contributed by atoms with Crippen LogP contribution in [0.2, 0.25) is 0 Å². The molecule has 2 atom stereocenters. The number of hydrogen-bond acceptors (Lipinski definition) is 2. The second-order valence-electron chi connectivity index (χ2n) is 2.29. The third-order valence-corrected chi connectivity index (χ3v) is 1.44. The van der Waals surface area contributed by atoms with Crippen LogP contribution in [0.5, 0.6) is 0 Å². The van der Waals surface area contributed by atoms with Gasteiger partial charge in [0.2, 0.25) is 0 Å². The van der Waals surface area contributed by atoms with E-state index >= 15 is 0 Å². The third-order valence-electron chi connectivity index (χ3n) is 1.44. The van der Waals surface area contributed by atoms with E-state index in [1.807, 2.05) is 6.92 Å². The van der Waals surface area contributed by atoms with E-state index in [-0.39, 0.29) is 6.29 Å². The van der Waals surface area contributed by atoms with E-state index in [1.165, 1.54) is 6.42 Å². The Kier molecular flexibility index (Phi) is 2.49. The van der Waals surface area contributed by atoms with Gasteiger partial charge >= 0.3 is 0 Å². The molecule has 1 aliphatic heterocycles. The van der Waals surface area contributed by atoms with Gasteiger partial charge in [-0.3, -0.25) is 0 Å². The van der Waals surface area contributed by atoms with E-state index in [1.54, 1.807) is 0 Å². The molecule has 0 saturated carbocycles. The van der Waals surface area contributed by atoms with E-state index in [9.17, 15) is 0 Å². The fraction of sp³-hybridized carbons (Fsp3) is 1.00. The highest BCUT2D eigenvalue weighted by Crippen LogP contribution is 2.26. The van der Waals surface area contributed by atoms with Crippen LogP contribution in [0.3, 0.4) is 0 Å². The molecule has 2 unspecified atom stereocenters. The normalized spacial score (nSPS) is 32.7. The minimum absolute atomic E-state index is 0.134. The number of hydrogen-bond donors (Lipinski definition) is 0. The summed E-state index contributed by atoms with van der Waals surface area (Å²) in [5.41, 5.74) is 0. The topological polar surface area (TPSA) is 21.8 Å². The molecule has 0 spiro atoms. The summed E-state index contributed by atoms with van der Waals surface area (Å²) in [5.74, 6) is 0. The summed E-state index contributed by atoms with van der Waals surface area (Å²) in [6.07, 6.45) is 2.88. The number of ether oxygens (including phenoxy) is 2. The van der Waals surface area contributed by atoms with Crippen LogP contribution < -0.4 is 0 Å². The van der Waals surface area contributed by atoms with Gasteiger partial charge in [-0.25, -0.2) is 0 Å². The molecule has 0 radical (unpaired) electrons. The molecule has 2 heteroatoms. The van der Waals surface area contributed by atoms with Crippen LogP contribution >= 0.6 is 0 Å². The molecule has 9 heavy (non-hydrogen) atoms. The predicted octanol–water partition coefficient (Wildman–Crippen LogP) is 1.55.